The van der Waals surface area contributed by atoms with Gasteiger partial charge < -0.3 is 9.64 Å². The van der Waals surface area contributed by atoms with Crippen molar-refractivity contribution in [3.8, 4) is 16.3 Å². The maximum atomic E-state index is 12.6. The number of likely N-dealkylation sites (N-methyl/N-ethyl adjacent to an activating group) is 1. The Balaban J connectivity index is 1.63. The Labute approximate surface area is 178 Å². The van der Waals surface area contributed by atoms with Crippen LogP contribution in [0.4, 0.5) is 0 Å². The van der Waals surface area contributed by atoms with Crippen LogP contribution in [0.3, 0.4) is 0 Å². The number of ether oxygens (including phenoxy) is 1. The minimum Gasteiger partial charge on any atom is -0.494 e. The fourth-order valence-electron chi connectivity index (χ4n) is 2.69. The summed E-state index contributed by atoms with van der Waals surface area (Å²) >= 11 is 13.8. The third-order valence-corrected chi connectivity index (χ3v) is 5.96. The molecule has 28 heavy (non-hydrogen) atoms. The molecule has 0 N–H and O–H groups in total. The summed E-state index contributed by atoms with van der Waals surface area (Å²) in [5, 5.41) is 3.77. The van der Waals surface area contributed by atoms with Crippen LogP contribution in [0, 0.1) is 0 Å². The van der Waals surface area contributed by atoms with E-state index in [9.17, 15) is 4.79 Å². The number of thiazole rings is 1. The van der Waals surface area contributed by atoms with Gasteiger partial charge in [-0.1, -0.05) is 35.3 Å². The van der Waals surface area contributed by atoms with Crippen molar-refractivity contribution >= 4 is 40.4 Å². The number of carbonyl (C=O) groups excluding carboxylic acids is 1. The minimum absolute atomic E-state index is 0.0282. The Bertz CT molecular complexity index is 957. The number of nitrogens with zero attached hydrogens (tertiary/aromatic N) is 2. The highest BCUT2D eigenvalue weighted by Gasteiger charge is 2.15. The van der Waals surface area contributed by atoms with E-state index in [0.29, 0.717) is 23.2 Å². The average Bonchev–Trinajstić information content (AvgIpc) is 3.14. The van der Waals surface area contributed by atoms with E-state index in [4.69, 9.17) is 27.9 Å². The summed E-state index contributed by atoms with van der Waals surface area (Å²) in [4.78, 5) is 18.8. The molecule has 0 radical (unpaired) electrons. The predicted octanol–water partition coefficient (Wildman–Crippen LogP) is 5.72. The summed E-state index contributed by atoms with van der Waals surface area (Å²) < 4.78 is 5.46. The molecule has 7 heteroatoms. The van der Waals surface area contributed by atoms with Crippen LogP contribution in [0.25, 0.3) is 10.6 Å². The summed E-state index contributed by atoms with van der Waals surface area (Å²) in [6.07, 6.45) is 0.238. The summed E-state index contributed by atoms with van der Waals surface area (Å²) in [5.41, 5.74) is 2.58. The molecule has 0 spiro atoms. The molecule has 0 aliphatic carbocycles. The van der Waals surface area contributed by atoms with Gasteiger partial charge in [0, 0.05) is 24.5 Å². The van der Waals surface area contributed by atoms with Gasteiger partial charge in [-0.15, -0.1) is 11.3 Å². The van der Waals surface area contributed by atoms with E-state index in [0.717, 1.165) is 27.6 Å². The van der Waals surface area contributed by atoms with Crippen molar-refractivity contribution in [2.24, 2.45) is 0 Å². The fourth-order valence-corrected chi connectivity index (χ4v) is 3.89. The zero-order chi connectivity index (χ0) is 20.1. The van der Waals surface area contributed by atoms with Crippen molar-refractivity contribution in [2.75, 3.05) is 13.7 Å². The first-order chi connectivity index (χ1) is 13.5. The molecule has 2 aromatic carbocycles. The minimum atomic E-state index is -0.0282. The van der Waals surface area contributed by atoms with Gasteiger partial charge in [0.25, 0.3) is 0 Å². The first-order valence-electron chi connectivity index (χ1n) is 8.82. The first-order valence-corrected chi connectivity index (χ1v) is 10.5. The number of hydrogen-bond acceptors (Lipinski definition) is 4. The molecule has 0 atom stereocenters. The van der Waals surface area contributed by atoms with Gasteiger partial charge in [0.05, 0.1) is 28.8 Å². The number of hydrogen-bond donors (Lipinski definition) is 0. The number of rotatable bonds is 7. The van der Waals surface area contributed by atoms with E-state index < -0.39 is 0 Å². The maximum absolute atomic E-state index is 12.6. The SMILES string of the molecule is CCOc1ccc(-c2nc(CC(=O)N(C)Cc3cccc(Cl)c3Cl)cs2)cc1. The molecule has 0 bridgehead atoms. The van der Waals surface area contributed by atoms with Crippen LogP contribution >= 0.6 is 34.5 Å². The molecule has 1 amide bonds. The second-order valence-electron chi connectivity index (χ2n) is 6.24. The molecule has 3 aromatic rings. The lowest BCUT2D eigenvalue weighted by Crippen LogP contribution is -2.28. The fraction of sp³-hybridized carbons (Fsp3) is 0.238. The van der Waals surface area contributed by atoms with Gasteiger partial charge in [0.2, 0.25) is 5.91 Å². The Morgan fingerprint density at radius 1 is 1.18 bits per heavy atom. The zero-order valence-electron chi connectivity index (χ0n) is 15.6. The van der Waals surface area contributed by atoms with Gasteiger partial charge in [-0.2, -0.15) is 0 Å². The highest BCUT2D eigenvalue weighted by molar-refractivity contribution is 7.13. The predicted molar refractivity (Wildman–Crippen MR) is 115 cm³/mol. The lowest BCUT2D eigenvalue weighted by molar-refractivity contribution is -0.129. The van der Waals surface area contributed by atoms with E-state index >= 15 is 0 Å². The molecule has 3 rings (SSSR count). The van der Waals surface area contributed by atoms with Crippen LogP contribution in [-0.2, 0) is 17.8 Å². The molecule has 0 saturated carbocycles. The van der Waals surface area contributed by atoms with Gasteiger partial charge in [-0.25, -0.2) is 4.98 Å². The van der Waals surface area contributed by atoms with Crippen LogP contribution in [0.2, 0.25) is 10.0 Å². The maximum Gasteiger partial charge on any atom is 0.228 e. The van der Waals surface area contributed by atoms with Crippen molar-refractivity contribution in [1.82, 2.24) is 9.88 Å². The van der Waals surface area contributed by atoms with Crippen molar-refractivity contribution < 1.29 is 9.53 Å². The Kier molecular flexibility index (Phi) is 6.94. The molecule has 0 unspecified atom stereocenters. The molecule has 0 fully saturated rings. The number of amides is 1. The van der Waals surface area contributed by atoms with Crippen molar-refractivity contribution in [3.05, 3.63) is 69.1 Å². The lowest BCUT2D eigenvalue weighted by Gasteiger charge is -2.18. The largest absolute Gasteiger partial charge is 0.494 e. The molecule has 0 saturated heterocycles. The normalized spacial score (nSPS) is 10.7. The Hall–Kier alpha value is -2.08. The van der Waals surface area contributed by atoms with Crippen LogP contribution in [-0.4, -0.2) is 29.4 Å². The van der Waals surface area contributed by atoms with Crippen LogP contribution in [0.15, 0.2) is 47.8 Å². The zero-order valence-corrected chi connectivity index (χ0v) is 17.9. The van der Waals surface area contributed by atoms with Gasteiger partial charge >= 0.3 is 0 Å². The summed E-state index contributed by atoms with van der Waals surface area (Å²) in [5.74, 6) is 0.805. The average molecular weight is 435 g/mol. The van der Waals surface area contributed by atoms with Crippen molar-refractivity contribution in [3.63, 3.8) is 0 Å². The van der Waals surface area contributed by atoms with E-state index in [1.165, 1.54) is 11.3 Å². The van der Waals surface area contributed by atoms with Crippen molar-refractivity contribution in [2.45, 2.75) is 19.9 Å². The number of aromatic nitrogens is 1. The number of halogens is 2. The standard InChI is InChI=1S/C21H20Cl2N2O2S/c1-3-27-17-9-7-14(8-10-17)21-24-16(13-28-21)11-19(26)25(2)12-15-5-4-6-18(22)20(15)23/h4-10,13H,3,11-12H2,1-2H3. The van der Waals surface area contributed by atoms with Crippen molar-refractivity contribution in [1.29, 1.82) is 0 Å². The second kappa shape index (κ2) is 9.41. The summed E-state index contributed by atoms with van der Waals surface area (Å²) in [6, 6.07) is 13.2. The Morgan fingerprint density at radius 2 is 1.93 bits per heavy atom. The van der Waals surface area contributed by atoms with Gasteiger partial charge in [-0.3, -0.25) is 4.79 Å². The lowest BCUT2D eigenvalue weighted by atomic mass is 10.2. The highest BCUT2D eigenvalue weighted by atomic mass is 35.5. The quantitative estimate of drug-likeness (QED) is 0.477. The van der Waals surface area contributed by atoms with E-state index in [1.54, 1.807) is 18.0 Å². The second-order valence-corrected chi connectivity index (χ2v) is 7.88. The third-order valence-electron chi connectivity index (χ3n) is 4.16. The van der Waals surface area contributed by atoms with Gasteiger partial charge in [0.1, 0.15) is 10.8 Å². The van der Waals surface area contributed by atoms with Gasteiger partial charge in [0.15, 0.2) is 0 Å². The van der Waals surface area contributed by atoms with Crippen LogP contribution in [0.5, 0.6) is 5.75 Å². The van der Waals surface area contributed by atoms with E-state index in [-0.39, 0.29) is 12.3 Å². The van der Waals surface area contributed by atoms with Crippen LogP contribution in [0.1, 0.15) is 18.2 Å². The molecule has 1 heterocycles. The van der Waals surface area contributed by atoms with Crippen LogP contribution < -0.4 is 4.74 Å². The first kappa shape index (κ1) is 20.6. The molecule has 0 aliphatic heterocycles. The molecule has 1 aromatic heterocycles. The highest BCUT2D eigenvalue weighted by Crippen LogP contribution is 2.28. The number of benzene rings is 2. The Morgan fingerprint density at radius 3 is 2.64 bits per heavy atom. The molecular formula is C21H20Cl2N2O2S. The monoisotopic (exact) mass is 434 g/mol. The topological polar surface area (TPSA) is 42.4 Å². The van der Waals surface area contributed by atoms with E-state index in [2.05, 4.69) is 4.98 Å². The van der Waals surface area contributed by atoms with E-state index in [1.807, 2.05) is 48.7 Å². The molecule has 0 aliphatic rings. The van der Waals surface area contributed by atoms with Gasteiger partial charge in [-0.05, 0) is 42.8 Å². The smallest absolute Gasteiger partial charge is 0.228 e. The summed E-state index contributed by atoms with van der Waals surface area (Å²) in [6.45, 7) is 2.99. The molecule has 4 nitrogen and oxygen atoms in total. The number of carbonyl (C=O) groups is 1. The molecular weight excluding hydrogens is 415 g/mol. The summed E-state index contributed by atoms with van der Waals surface area (Å²) in [7, 11) is 1.75. The third kappa shape index (κ3) is 5.04. The molecule has 146 valence electrons.